The van der Waals surface area contributed by atoms with Gasteiger partial charge in [-0.1, -0.05) is 49.7 Å². The molecular weight excluding hydrogens is 425 g/mol. The number of nitrogens with zero attached hydrogens (tertiary/aromatic N) is 2. The third-order valence-electron chi connectivity index (χ3n) is 5.05. The molecule has 0 aliphatic heterocycles. The lowest BCUT2D eigenvalue weighted by atomic mass is 10.1. The van der Waals surface area contributed by atoms with E-state index in [0.717, 1.165) is 35.3 Å². The van der Waals surface area contributed by atoms with Crippen LogP contribution in [-0.2, 0) is 4.79 Å². The summed E-state index contributed by atoms with van der Waals surface area (Å²) in [6.45, 7) is 6.17. The van der Waals surface area contributed by atoms with E-state index in [1.54, 1.807) is 18.2 Å². The van der Waals surface area contributed by atoms with Crippen molar-refractivity contribution in [3.63, 3.8) is 0 Å². The molecule has 0 saturated heterocycles. The predicted molar refractivity (Wildman–Crippen MR) is 126 cm³/mol. The second-order valence-electron chi connectivity index (χ2n) is 7.41. The quantitative estimate of drug-likeness (QED) is 0.588. The Morgan fingerprint density at radius 1 is 1.19 bits per heavy atom. The molecule has 32 heavy (non-hydrogen) atoms. The summed E-state index contributed by atoms with van der Waals surface area (Å²) in [6, 6.07) is 13.7. The Balaban J connectivity index is 2.39. The van der Waals surface area contributed by atoms with Gasteiger partial charge in [0, 0.05) is 12.1 Å². The SMILES string of the molecule is CCCCNC(=O)/C(C#N)=c1\s/c(=C\c2ccccc2F)c(=O)n1-c1c(C)cccc1C. The van der Waals surface area contributed by atoms with Crippen LogP contribution < -0.4 is 20.1 Å². The number of para-hydroxylation sites is 1. The summed E-state index contributed by atoms with van der Waals surface area (Å²) < 4.78 is 16.1. The van der Waals surface area contributed by atoms with Crippen LogP contribution in [-0.4, -0.2) is 17.0 Å². The average molecular weight is 450 g/mol. The second-order valence-corrected chi connectivity index (χ2v) is 8.45. The van der Waals surface area contributed by atoms with E-state index in [2.05, 4.69) is 5.32 Å². The van der Waals surface area contributed by atoms with Crippen molar-refractivity contribution < 1.29 is 9.18 Å². The zero-order valence-electron chi connectivity index (χ0n) is 18.2. The molecule has 0 aliphatic carbocycles. The first-order chi connectivity index (χ1) is 15.4. The normalized spacial score (nSPS) is 12.4. The number of hydrogen-bond donors (Lipinski definition) is 1. The van der Waals surface area contributed by atoms with Crippen molar-refractivity contribution in [3.05, 3.63) is 84.5 Å². The number of nitriles is 1. The molecule has 3 aromatic rings. The molecule has 0 spiro atoms. The van der Waals surface area contributed by atoms with Crippen LogP contribution in [0, 0.1) is 31.0 Å². The molecule has 0 fully saturated rings. The van der Waals surface area contributed by atoms with Gasteiger partial charge in [0.25, 0.3) is 11.5 Å². The zero-order valence-corrected chi connectivity index (χ0v) is 19.1. The minimum Gasteiger partial charge on any atom is -0.351 e. The molecule has 0 aliphatic rings. The van der Waals surface area contributed by atoms with Gasteiger partial charge in [0.1, 0.15) is 16.5 Å². The maximum Gasteiger partial charge on any atom is 0.273 e. The van der Waals surface area contributed by atoms with Crippen LogP contribution in [0.5, 0.6) is 0 Å². The van der Waals surface area contributed by atoms with Gasteiger partial charge in [0.2, 0.25) is 0 Å². The molecule has 5 nitrogen and oxygen atoms in total. The van der Waals surface area contributed by atoms with E-state index < -0.39 is 17.3 Å². The van der Waals surface area contributed by atoms with Crippen LogP contribution in [0.4, 0.5) is 4.39 Å². The first-order valence-corrected chi connectivity index (χ1v) is 11.2. The summed E-state index contributed by atoms with van der Waals surface area (Å²) in [4.78, 5) is 26.3. The molecule has 0 bridgehead atoms. The fourth-order valence-corrected chi connectivity index (χ4v) is 4.49. The first kappa shape index (κ1) is 23.2. The molecule has 3 rings (SSSR count). The molecule has 1 N–H and O–H groups in total. The number of carbonyl (C=O) groups is 1. The highest BCUT2D eigenvalue weighted by Crippen LogP contribution is 2.16. The van der Waals surface area contributed by atoms with Gasteiger partial charge in [0.15, 0.2) is 5.57 Å². The summed E-state index contributed by atoms with van der Waals surface area (Å²) in [6.07, 6.45) is 3.14. The smallest absolute Gasteiger partial charge is 0.273 e. The maximum absolute atomic E-state index is 14.2. The van der Waals surface area contributed by atoms with Crippen LogP contribution in [0.25, 0.3) is 17.3 Å². The number of amides is 1. The van der Waals surface area contributed by atoms with Gasteiger partial charge in [-0.25, -0.2) is 4.39 Å². The Morgan fingerprint density at radius 2 is 1.88 bits per heavy atom. The van der Waals surface area contributed by atoms with Gasteiger partial charge in [-0.15, -0.1) is 11.3 Å². The molecule has 1 amide bonds. The van der Waals surface area contributed by atoms with Gasteiger partial charge in [0.05, 0.1) is 10.2 Å². The van der Waals surface area contributed by atoms with Crippen molar-refractivity contribution in [1.29, 1.82) is 5.26 Å². The summed E-state index contributed by atoms with van der Waals surface area (Å²) in [7, 11) is 0. The Bertz CT molecular complexity index is 1360. The van der Waals surface area contributed by atoms with Crippen molar-refractivity contribution >= 4 is 28.9 Å². The summed E-state index contributed by atoms with van der Waals surface area (Å²) in [5.74, 6) is -0.984. The van der Waals surface area contributed by atoms with Gasteiger partial charge < -0.3 is 5.32 Å². The third-order valence-corrected chi connectivity index (χ3v) is 6.14. The molecule has 0 radical (unpaired) electrons. The van der Waals surface area contributed by atoms with Crippen LogP contribution >= 0.6 is 11.3 Å². The predicted octanol–water partition coefficient (Wildman–Crippen LogP) is 3.07. The number of rotatable bonds is 6. The third kappa shape index (κ3) is 4.71. The largest absolute Gasteiger partial charge is 0.351 e. The minimum absolute atomic E-state index is 0.140. The molecule has 7 heteroatoms. The molecule has 0 saturated carbocycles. The van der Waals surface area contributed by atoms with Crippen molar-refractivity contribution in [3.8, 4) is 11.8 Å². The van der Waals surface area contributed by atoms with E-state index in [1.807, 2.05) is 45.0 Å². The van der Waals surface area contributed by atoms with Gasteiger partial charge in [-0.3, -0.25) is 14.2 Å². The summed E-state index contributed by atoms with van der Waals surface area (Å²) in [5.41, 5.74) is 1.99. The van der Waals surface area contributed by atoms with Crippen LogP contribution in [0.15, 0.2) is 47.3 Å². The van der Waals surface area contributed by atoms with Crippen molar-refractivity contribution in [2.45, 2.75) is 33.6 Å². The number of unbranched alkanes of at least 4 members (excludes halogenated alkanes) is 1. The Kier molecular flexibility index (Phi) is 7.39. The standard InChI is InChI=1S/C25H24FN3O2S/c1-4-5-13-28-23(30)19(15-27)25-29(22-16(2)9-8-10-17(22)3)24(31)21(32-25)14-18-11-6-7-12-20(18)26/h6-12,14H,4-5,13H2,1-3H3,(H,28,30)/b21-14-,25-19-. The molecule has 1 heterocycles. The van der Waals surface area contributed by atoms with E-state index >= 15 is 0 Å². The first-order valence-electron chi connectivity index (χ1n) is 10.4. The molecule has 2 aromatic carbocycles. The number of nitrogens with one attached hydrogen (secondary N) is 1. The number of aromatic nitrogens is 1. The minimum atomic E-state index is -0.528. The summed E-state index contributed by atoms with van der Waals surface area (Å²) >= 11 is 1.01. The van der Waals surface area contributed by atoms with Crippen LogP contribution in [0.3, 0.4) is 0 Å². The van der Waals surface area contributed by atoms with E-state index in [-0.39, 0.29) is 20.3 Å². The van der Waals surface area contributed by atoms with E-state index in [1.165, 1.54) is 16.7 Å². The number of aryl methyl sites for hydroxylation is 2. The Hall–Kier alpha value is -3.50. The highest BCUT2D eigenvalue weighted by Gasteiger charge is 2.18. The van der Waals surface area contributed by atoms with E-state index in [9.17, 15) is 19.2 Å². The monoisotopic (exact) mass is 449 g/mol. The number of benzene rings is 2. The second kappa shape index (κ2) is 10.2. The number of halogens is 1. The fourth-order valence-electron chi connectivity index (χ4n) is 3.41. The number of carbonyl (C=O) groups excluding carboxylic acids is 1. The van der Waals surface area contributed by atoms with Crippen LogP contribution in [0.2, 0.25) is 0 Å². The Morgan fingerprint density at radius 3 is 2.50 bits per heavy atom. The lowest BCUT2D eigenvalue weighted by Gasteiger charge is -2.11. The number of thiazole rings is 1. The van der Waals surface area contributed by atoms with Crippen molar-refractivity contribution in [2.24, 2.45) is 0 Å². The Labute approximate surface area is 189 Å². The molecule has 0 unspecified atom stereocenters. The van der Waals surface area contributed by atoms with Gasteiger partial charge >= 0.3 is 0 Å². The van der Waals surface area contributed by atoms with E-state index in [0.29, 0.717) is 12.2 Å². The molecule has 0 atom stereocenters. The lowest BCUT2D eigenvalue weighted by molar-refractivity contribution is -0.115. The molecule has 164 valence electrons. The highest BCUT2D eigenvalue weighted by atomic mass is 32.1. The summed E-state index contributed by atoms with van der Waals surface area (Å²) in [5, 5.41) is 12.6. The number of hydrogen-bond acceptors (Lipinski definition) is 4. The maximum atomic E-state index is 14.2. The lowest BCUT2D eigenvalue weighted by Crippen LogP contribution is -2.34. The van der Waals surface area contributed by atoms with Gasteiger partial charge in [-0.05, 0) is 43.5 Å². The average Bonchev–Trinajstić information content (AvgIpc) is 3.06. The topological polar surface area (TPSA) is 74.9 Å². The molecule has 1 aromatic heterocycles. The van der Waals surface area contributed by atoms with Gasteiger partial charge in [-0.2, -0.15) is 5.26 Å². The van der Waals surface area contributed by atoms with Crippen LogP contribution in [0.1, 0.15) is 36.5 Å². The fraction of sp³-hybridized carbons (Fsp3) is 0.240. The van der Waals surface area contributed by atoms with Crippen molar-refractivity contribution in [2.75, 3.05) is 6.54 Å². The highest BCUT2D eigenvalue weighted by molar-refractivity contribution is 7.07. The van der Waals surface area contributed by atoms with E-state index in [4.69, 9.17) is 0 Å². The van der Waals surface area contributed by atoms with Crippen molar-refractivity contribution in [1.82, 2.24) is 9.88 Å². The zero-order chi connectivity index (χ0) is 23.3. The molecular formula is C25H24FN3O2S.